The standard InChI is InChI=1S/C19H19FN2O2/c20-16-5-1-13(2-6-16)4-8-18(23)21-10-9-14-3-7-17-15(11-14)12-19(24)22-17/h1-3,5-7,11H,4,8-10,12H2,(H,21,23)(H,22,24). The predicted molar refractivity (Wildman–Crippen MR) is 90.2 cm³/mol. The van der Waals surface area contributed by atoms with Crippen molar-refractivity contribution in [1.29, 1.82) is 0 Å². The maximum absolute atomic E-state index is 12.8. The van der Waals surface area contributed by atoms with E-state index in [9.17, 15) is 14.0 Å². The minimum absolute atomic E-state index is 0.0164. The third-order valence-corrected chi connectivity index (χ3v) is 4.08. The Bertz CT molecular complexity index is 756. The average molecular weight is 326 g/mol. The predicted octanol–water partition coefficient (Wildman–Crippen LogP) is 2.61. The van der Waals surface area contributed by atoms with Crippen LogP contribution in [-0.2, 0) is 28.9 Å². The van der Waals surface area contributed by atoms with Crippen molar-refractivity contribution in [3.8, 4) is 0 Å². The second-order valence-electron chi connectivity index (χ2n) is 5.94. The number of nitrogens with one attached hydrogen (secondary N) is 2. The lowest BCUT2D eigenvalue weighted by molar-refractivity contribution is -0.121. The van der Waals surface area contributed by atoms with E-state index in [2.05, 4.69) is 10.6 Å². The van der Waals surface area contributed by atoms with E-state index in [1.165, 1.54) is 12.1 Å². The molecule has 0 fully saturated rings. The molecule has 4 nitrogen and oxygen atoms in total. The van der Waals surface area contributed by atoms with Gasteiger partial charge in [-0.15, -0.1) is 0 Å². The third-order valence-electron chi connectivity index (χ3n) is 4.08. The highest BCUT2D eigenvalue weighted by molar-refractivity contribution is 5.99. The Morgan fingerprint density at radius 2 is 1.83 bits per heavy atom. The fourth-order valence-corrected chi connectivity index (χ4v) is 2.78. The van der Waals surface area contributed by atoms with Crippen molar-refractivity contribution in [2.24, 2.45) is 0 Å². The van der Waals surface area contributed by atoms with Crippen LogP contribution in [0, 0.1) is 5.82 Å². The minimum atomic E-state index is -0.269. The van der Waals surface area contributed by atoms with E-state index in [1.54, 1.807) is 12.1 Å². The summed E-state index contributed by atoms with van der Waals surface area (Å²) in [4.78, 5) is 23.2. The van der Waals surface area contributed by atoms with Gasteiger partial charge in [-0.1, -0.05) is 24.3 Å². The number of aryl methyl sites for hydroxylation is 1. The number of amides is 2. The number of anilines is 1. The van der Waals surface area contributed by atoms with Crippen LogP contribution in [0.3, 0.4) is 0 Å². The van der Waals surface area contributed by atoms with Gasteiger partial charge in [0.15, 0.2) is 0 Å². The topological polar surface area (TPSA) is 58.2 Å². The van der Waals surface area contributed by atoms with Crippen LogP contribution < -0.4 is 10.6 Å². The van der Waals surface area contributed by atoms with Crippen LogP contribution in [0.1, 0.15) is 23.1 Å². The van der Waals surface area contributed by atoms with E-state index in [0.29, 0.717) is 25.8 Å². The Morgan fingerprint density at radius 3 is 2.62 bits per heavy atom. The van der Waals surface area contributed by atoms with Crippen molar-refractivity contribution in [2.45, 2.75) is 25.7 Å². The molecule has 0 spiro atoms. The molecule has 1 heterocycles. The molecular weight excluding hydrogens is 307 g/mol. The zero-order valence-electron chi connectivity index (χ0n) is 13.3. The monoisotopic (exact) mass is 326 g/mol. The molecule has 0 bridgehead atoms. The van der Waals surface area contributed by atoms with Gasteiger partial charge in [-0.05, 0) is 47.7 Å². The molecule has 0 atom stereocenters. The molecule has 1 aliphatic heterocycles. The largest absolute Gasteiger partial charge is 0.356 e. The molecule has 0 radical (unpaired) electrons. The molecule has 2 aromatic carbocycles. The first-order valence-electron chi connectivity index (χ1n) is 8.03. The second kappa shape index (κ2) is 7.25. The Kier molecular flexibility index (Phi) is 4.89. The van der Waals surface area contributed by atoms with Gasteiger partial charge in [-0.2, -0.15) is 0 Å². The van der Waals surface area contributed by atoms with Crippen LogP contribution in [0.25, 0.3) is 0 Å². The summed E-state index contributed by atoms with van der Waals surface area (Å²) in [6.45, 7) is 0.558. The molecule has 0 aliphatic carbocycles. The van der Waals surface area contributed by atoms with Crippen LogP contribution >= 0.6 is 0 Å². The van der Waals surface area contributed by atoms with Crippen LogP contribution in [0.4, 0.5) is 10.1 Å². The van der Waals surface area contributed by atoms with Crippen molar-refractivity contribution in [3.05, 3.63) is 65.0 Å². The normalized spacial score (nSPS) is 12.6. The summed E-state index contributed by atoms with van der Waals surface area (Å²) >= 11 is 0. The SMILES string of the molecule is O=C(CCc1ccc(F)cc1)NCCc1ccc2c(c1)CC(=O)N2. The fraction of sp³-hybridized carbons (Fsp3) is 0.263. The Labute approximate surface area is 140 Å². The van der Waals surface area contributed by atoms with Gasteiger partial charge < -0.3 is 10.6 Å². The van der Waals surface area contributed by atoms with E-state index in [4.69, 9.17) is 0 Å². The summed E-state index contributed by atoms with van der Waals surface area (Å²) in [5, 5.41) is 5.70. The van der Waals surface area contributed by atoms with Crippen molar-refractivity contribution in [2.75, 3.05) is 11.9 Å². The number of halogens is 1. The highest BCUT2D eigenvalue weighted by Crippen LogP contribution is 2.23. The molecule has 0 aromatic heterocycles. The zero-order valence-corrected chi connectivity index (χ0v) is 13.3. The van der Waals surface area contributed by atoms with E-state index in [1.807, 2.05) is 18.2 Å². The number of carbonyl (C=O) groups is 2. The van der Waals surface area contributed by atoms with Crippen LogP contribution in [0.5, 0.6) is 0 Å². The van der Waals surface area contributed by atoms with Crippen molar-refractivity contribution in [1.82, 2.24) is 5.32 Å². The summed E-state index contributed by atoms with van der Waals surface area (Å²) in [5.41, 5.74) is 3.94. The summed E-state index contributed by atoms with van der Waals surface area (Å²) in [7, 11) is 0. The van der Waals surface area contributed by atoms with Crippen LogP contribution in [0.2, 0.25) is 0 Å². The molecule has 3 rings (SSSR count). The number of fused-ring (bicyclic) bond motifs is 1. The molecule has 124 valence electrons. The molecule has 1 aliphatic rings. The van der Waals surface area contributed by atoms with E-state index in [-0.39, 0.29) is 17.6 Å². The van der Waals surface area contributed by atoms with Crippen LogP contribution in [-0.4, -0.2) is 18.4 Å². The maximum atomic E-state index is 12.8. The van der Waals surface area contributed by atoms with E-state index < -0.39 is 0 Å². The zero-order chi connectivity index (χ0) is 16.9. The minimum Gasteiger partial charge on any atom is -0.356 e. The Hall–Kier alpha value is -2.69. The van der Waals surface area contributed by atoms with Gasteiger partial charge in [0.1, 0.15) is 5.82 Å². The first kappa shape index (κ1) is 16.2. The van der Waals surface area contributed by atoms with Crippen molar-refractivity contribution in [3.63, 3.8) is 0 Å². The Morgan fingerprint density at radius 1 is 1.08 bits per heavy atom. The van der Waals surface area contributed by atoms with Gasteiger partial charge in [-0.25, -0.2) is 4.39 Å². The highest BCUT2D eigenvalue weighted by atomic mass is 19.1. The number of rotatable bonds is 6. The van der Waals surface area contributed by atoms with E-state index >= 15 is 0 Å². The first-order chi connectivity index (χ1) is 11.6. The van der Waals surface area contributed by atoms with Gasteiger partial charge in [0.2, 0.25) is 11.8 Å². The molecule has 2 aromatic rings. The number of carbonyl (C=O) groups excluding carboxylic acids is 2. The summed E-state index contributed by atoms with van der Waals surface area (Å²) in [6, 6.07) is 12.1. The number of hydrogen-bond donors (Lipinski definition) is 2. The summed E-state index contributed by atoms with van der Waals surface area (Å²) < 4.78 is 12.8. The summed E-state index contributed by atoms with van der Waals surface area (Å²) in [5.74, 6) is -0.261. The Balaban J connectivity index is 1.41. The molecule has 0 unspecified atom stereocenters. The fourth-order valence-electron chi connectivity index (χ4n) is 2.78. The summed E-state index contributed by atoms with van der Waals surface area (Å²) in [6.07, 6.45) is 2.13. The number of benzene rings is 2. The van der Waals surface area contributed by atoms with Gasteiger partial charge in [0, 0.05) is 18.7 Å². The smallest absolute Gasteiger partial charge is 0.228 e. The molecule has 0 saturated carbocycles. The quantitative estimate of drug-likeness (QED) is 0.857. The molecule has 2 N–H and O–H groups in total. The molecular formula is C19H19FN2O2. The molecule has 5 heteroatoms. The van der Waals surface area contributed by atoms with Crippen molar-refractivity contribution < 1.29 is 14.0 Å². The third kappa shape index (κ3) is 4.19. The van der Waals surface area contributed by atoms with Crippen molar-refractivity contribution >= 4 is 17.5 Å². The lowest BCUT2D eigenvalue weighted by Crippen LogP contribution is -2.25. The number of hydrogen-bond acceptors (Lipinski definition) is 2. The second-order valence-corrected chi connectivity index (χ2v) is 5.94. The van der Waals surface area contributed by atoms with Gasteiger partial charge in [-0.3, -0.25) is 9.59 Å². The lowest BCUT2D eigenvalue weighted by atomic mass is 10.1. The van der Waals surface area contributed by atoms with E-state index in [0.717, 1.165) is 28.8 Å². The molecule has 2 amide bonds. The van der Waals surface area contributed by atoms with Gasteiger partial charge in [0.05, 0.1) is 6.42 Å². The first-order valence-corrected chi connectivity index (χ1v) is 8.03. The average Bonchev–Trinajstić information content (AvgIpc) is 2.93. The lowest BCUT2D eigenvalue weighted by Gasteiger charge is -2.07. The highest BCUT2D eigenvalue weighted by Gasteiger charge is 2.17. The van der Waals surface area contributed by atoms with Gasteiger partial charge in [0.25, 0.3) is 0 Å². The molecule has 24 heavy (non-hydrogen) atoms. The maximum Gasteiger partial charge on any atom is 0.228 e. The van der Waals surface area contributed by atoms with Gasteiger partial charge >= 0.3 is 0 Å². The van der Waals surface area contributed by atoms with Crippen LogP contribution in [0.15, 0.2) is 42.5 Å². The molecule has 0 saturated heterocycles.